The zero-order valence-corrected chi connectivity index (χ0v) is 10.7. The maximum atomic E-state index is 11.0. The average molecular weight is 227 g/mol. The smallest absolute Gasteiger partial charge is 0.313 e. The van der Waals surface area contributed by atoms with Crippen LogP contribution < -0.4 is 11.1 Å². The molecule has 1 heterocycles. The van der Waals surface area contributed by atoms with Gasteiger partial charge in [0.2, 0.25) is 0 Å². The number of carbonyl (C=O) groups excluding carboxylic acids is 1. The number of carbonyl (C=O) groups is 1. The predicted molar refractivity (Wildman–Crippen MR) is 66.0 cm³/mol. The van der Waals surface area contributed by atoms with Crippen LogP contribution >= 0.6 is 0 Å². The number of hydrogen-bond donors (Lipinski definition) is 2. The Labute approximate surface area is 98.6 Å². The van der Waals surface area contributed by atoms with Crippen LogP contribution in [0.2, 0.25) is 0 Å². The van der Waals surface area contributed by atoms with E-state index in [2.05, 4.69) is 31.0 Å². The van der Waals surface area contributed by atoms with Crippen LogP contribution in [0.25, 0.3) is 0 Å². The van der Waals surface area contributed by atoms with E-state index >= 15 is 0 Å². The van der Waals surface area contributed by atoms with Crippen LogP contribution in [-0.4, -0.2) is 29.2 Å². The van der Waals surface area contributed by atoms with E-state index in [1.807, 2.05) is 0 Å². The highest BCUT2D eigenvalue weighted by atomic mass is 16.2. The second kappa shape index (κ2) is 6.09. The van der Waals surface area contributed by atoms with Gasteiger partial charge < -0.3 is 11.1 Å². The van der Waals surface area contributed by atoms with E-state index in [0.717, 1.165) is 12.8 Å². The van der Waals surface area contributed by atoms with Crippen molar-refractivity contribution in [1.82, 2.24) is 10.2 Å². The number of amides is 2. The third kappa shape index (κ3) is 3.37. The van der Waals surface area contributed by atoms with Gasteiger partial charge in [-0.05, 0) is 33.1 Å². The third-order valence-electron chi connectivity index (χ3n) is 3.49. The number of piperidine rings is 1. The van der Waals surface area contributed by atoms with Crippen molar-refractivity contribution >= 4 is 6.03 Å². The van der Waals surface area contributed by atoms with Crippen LogP contribution in [0.1, 0.15) is 52.9 Å². The molecule has 0 radical (unpaired) electrons. The van der Waals surface area contributed by atoms with Crippen LogP contribution in [-0.2, 0) is 0 Å². The summed E-state index contributed by atoms with van der Waals surface area (Å²) in [7, 11) is 0. The Morgan fingerprint density at radius 2 is 2.00 bits per heavy atom. The molecule has 0 aromatic rings. The van der Waals surface area contributed by atoms with Crippen molar-refractivity contribution in [3.05, 3.63) is 0 Å². The Balaban J connectivity index is 2.69. The lowest BCUT2D eigenvalue weighted by Gasteiger charge is -2.44. The normalized spacial score (nSPS) is 28.7. The highest BCUT2D eigenvalue weighted by molar-refractivity contribution is 5.71. The van der Waals surface area contributed by atoms with Gasteiger partial charge in [0.05, 0.1) is 6.17 Å². The van der Waals surface area contributed by atoms with Gasteiger partial charge in [-0.15, -0.1) is 0 Å². The van der Waals surface area contributed by atoms with Crippen molar-refractivity contribution < 1.29 is 4.79 Å². The van der Waals surface area contributed by atoms with E-state index in [9.17, 15) is 4.79 Å². The maximum absolute atomic E-state index is 11.0. The highest BCUT2D eigenvalue weighted by Crippen LogP contribution is 2.25. The van der Waals surface area contributed by atoms with Gasteiger partial charge >= 0.3 is 6.03 Å². The lowest BCUT2D eigenvalue weighted by atomic mass is 9.96. The number of rotatable bonds is 4. The van der Waals surface area contributed by atoms with Crippen molar-refractivity contribution in [1.29, 1.82) is 0 Å². The molecule has 3 atom stereocenters. The fourth-order valence-corrected chi connectivity index (χ4v) is 2.79. The number of urea groups is 1. The van der Waals surface area contributed by atoms with Gasteiger partial charge in [-0.3, -0.25) is 4.90 Å². The molecular formula is C12H25N3O. The molecule has 1 rings (SSSR count). The maximum Gasteiger partial charge on any atom is 0.313 e. The summed E-state index contributed by atoms with van der Waals surface area (Å²) in [6.07, 6.45) is 5.84. The monoisotopic (exact) mass is 227 g/mol. The second-order valence-electron chi connectivity index (χ2n) is 4.89. The van der Waals surface area contributed by atoms with E-state index in [0.29, 0.717) is 12.1 Å². The highest BCUT2D eigenvalue weighted by Gasteiger charge is 2.30. The molecule has 16 heavy (non-hydrogen) atoms. The Bertz CT molecular complexity index is 222. The minimum Gasteiger partial charge on any atom is -0.352 e. The zero-order chi connectivity index (χ0) is 12.1. The first-order valence-corrected chi connectivity index (χ1v) is 6.39. The lowest BCUT2D eigenvalue weighted by Crippen LogP contribution is -2.57. The van der Waals surface area contributed by atoms with E-state index in [1.54, 1.807) is 0 Å². The number of primary amides is 1. The quantitative estimate of drug-likeness (QED) is 0.772. The molecule has 0 spiro atoms. The van der Waals surface area contributed by atoms with Gasteiger partial charge in [-0.2, -0.15) is 0 Å². The Morgan fingerprint density at radius 1 is 1.44 bits per heavy atom. The minimum absolute atomic E-state index is 0.104. The molecule has 1 fully saturated rings. The Morgan fingerprint density at radius 3 is 2.44 bits per heavy atom. The molecule has 3 N–H and O–H groups in total. The number of nitrogens with two attached hydrogens (primary N) is 1. The summed E-state index contributed by atoms with van der Waals surface area (Å²) in [5.41, 5.74) is 5.24. The van der Waals surface area contributed by atoms with Gasteiger partial charge in [-0.25, -0.2) is 4.79 Å². The van der Waals surface area contributed by atoms with Crippen LogP contribution in [0.5, 0.6) is 0 Å². The molecule has 0 bridgehead atoms. The molecular weight excluding hydrogens is 202 g/mol. The van der Waals surface area contributed by atoms with Gasteiger partial charge in [0.1, 0.15) is 0 Å². The van der Waals surface area contributed by atoms with Crippen molar-refractivity contribution in [3.8, 4) is 0 Å². The number of hydrogen-bond acceptors (Lipinski definition) is 2. The standard InChI is InChI=1S/C12H25N3O/c1-4-6-11(14-12(13)16)15-9(2)7-5-8-10(15)3/h9-11H,4-8H2,1-3H3,(H3,13,14,16). The van der Waals surface area contributed by atoms with Crippen molar-refractivity contribution in [2.75, 3.05) is 0 Å². The lowest BCUT2D eigenvalue weighted by molar-refractivity contribution is 0.0399. The summed E-state index contributed by atoms with van der Waals surface area (Å²) < 4.78 is 0. The summed E-state index contributed by atoms with van der Waals surface area (Å²) in [6, 6.07) is 0.655. The molecule has 1 aliphatic heterocycles. The first kappa shape index (κ1) is 13.3. The molecule has 1 saturated heterocycles. The molecule has 94 valence electrons. The summed E-state index contributed by atoms with van der Waals surface area (Å²) in [5.74, 6) is 0. The van der Waals surface area contributed by atoms with Crippen molar-refractivity contribution in [2.45, 2.75) is 71.1 Å². The second-order valence-corrected chi connectivity index (χ2v) is 4.89. The van der Waals surface area contributed by atoms with Gasteiger partial charge in [0, 0.05) is 12.1 Å². The molecule has 0 aromatic carbocycles. The third-order valence-corrected chi connectivity index (χ3v) is 3.49. The van der Waals surface area contributed by atoms with Gasteiger partial charge in [-0.1, -0.05) is 19.8 Å². The molecule has 2 amide bonds. The first-order chi connectivity index (χ1) is 7.56. The molecule has 0 aliphatic carbocycles. The molecule has 0 saturated carbocycles. The van der Waals surface area contributed by atoms with Gasteiger partial charge in [0.25, 0.3) is 0 Å². The summed E-state index contributed by atoms with van der Waals surface area (Å²) in [5, 5.41) is 2.88. The minimum atomic E-state index is -0.413. The first-order valence-electron chi connectivity index (χ1n) is 6.39. The number of nitrogens with one attached hydrogen (secondary N) is 1. The molecule has 0 aromatic heterocycles. The zero-order valence-electron chi connectivity index (χ0n) is 10.7. The summed E-state index contributed by atoms with van der Waals surface area (Å²) >= 11 is 0. The molecule has 1 aliphatic rings. The topological polar surface area (TPSA) is 58.4 Å². The van der Waals surface area contributed by atoms with Crippen LogP contribution in [0.3, 0.4) is 0 Å². The van der Waals surface area contributed by atoms with Crippen LogP contribution in [0, 0.1) is 0 Å². The van der Waals surface area contributed by atoms with E-state index in [4.69, 9.17) is 5.73 Å². The summed E-state index contributed by atoms with van der Waals surface area (Å²) in [6.45, 7) is 6.61. The van der Waals surface area contributed by atoms with E-state index in [1.165, 1.54) is 19.3 Å². The predicted octanol–water partition coefficient (Wildman–Crippen LogP) is 2.04. The van der Waals surface area contributed by atoms with Gasteiger partial charge in [0.15, 0.2) is 0 Å². The average Bonchev–Trinajstić information content (AvgIpc) is 2.16. The number of likely N-dealkylation sites (tertiary alicyclic amines) is 1. The fourth-order valence-electron chi connectivity index (χ4n) is 2.79. The van der Waals surface area contributed by atoms with Crippen LogP contribution in [0.15, 0.2) is 0 Å². The Kier molecular flexibility index (Phi) is 5.06. The van der Waals surface area contributed by atoms with Crippen molar-refractivity contribution in [2.24, 2.45) is 5.73 Å². The Hall–Kier alpha value is -0.770. The SMILES string of the molecule is CCCC(NC(N)=O)N1C(C)CCCC1C. The molecule has 4 nitrogen and oxygen atoms in total. The van der Waals surface area contributed by atoms with E-state index in [-0.39, 0.29) is 6.17 Å². The number of nitrogens with zero attached hydrogens (tertiary/aromatic N) is 1. The van der Waals surface area contributed by atoms with E-state index < -0.39 is 6.03 Å². The molecule has 4 heteroatoms. The fraction of sp³-hybridized carbons (Fsp3) is 0.917. The largest absolute Gasteiger partial charge is 0.352 e. The van der Waals surface area contributed by atoms with Crippen molar-refractivity contribution in [3.63, 3.8) is 0 Å². The summed E-state index contributed by atoms with van der Waals surface area (Å²) in [4.78, 5) is 13.4. The van der Waals surface area contributed by atoms with Crippen LogP contribution in [0.4, 0.5) is 4.79 Å². The molecule has 3 unspecified atom stereocenters.